The van der Waals surface area contributed by atoms with E-state index >= 15 is 0 Å². The van der Waals surface area contributed by atoms with Gasteiger partial charge in [-0.15, -0.1) is 0 Å². The first kappa shape index (κ1) is 16.2. The van der Waals surface area contributed by atoms with Crippen LogP contribution < -0.4 is 10.2 Å². The molecule has 1 aromatic rings. The molecule has 118 valence electrons. The fraction of sp³-hybridized carbons (Fsp3) is 0.714. The Labute approximate surface area is 126 Å². The van der Waals surface area contributed by atoms with Crippen LogP contribution in [0.5, 0.6) is 0 Å². The van der Waals surface area contributed by atoms with Crippen molar-refractivity contribution in [3.63, 3.8) is 0 Å². The number of aromatic nitrogens is 2. The van der Waals surface area contributed by atoms with Crippen LogP contribution in [0.2, 0.25) is 0 Å². The van der Waals surface area contributed by atoms with Gasteiger partial charge in [-0.05, 0) is 19.4 Å². The topological polar surface area (TPSA) is 75.2 Å². The minimum atomic E-state index is -2.91. The molecule has 0 radical (unpaired) electrons. The predicted molar refractivity (Wildman–Crippen MR) is 84.0 cm³/mol. The molecule has 2 rings (SSSR count). The first-order chi connectivity index (χ1) is 9.87. The highest BCUT2D eigenvalue weighted by Crippen LogP contribution is 2.17. The molecular formula is C14H24N4O2S. The van der Waals surface area contributed by atoms with Gasteiger partial charge < -0.3 is 10.2 Å². The average molecular weight is 312 g/mol. The van der Waals surface area contributed by atoms with Crippen LogP contribution in [0.25, 0.3) is 0 Å². The van der Waals surface area contributed by atoms with Crippen molar-refractivity contribution in [2.24, 2.45) is 5.92 Å². The Bertz CT molecular complexity index is 557. The van der Waals surface area contributed by atoms with E-state index in [1.54, 1.807) is 0 Å². The standard InChI is InChI=1S/C14H24N4O2S/c1-11(2)6-15-7-13-8-16-14(17-9-13)18-4-5-21(19,20)10-12(18)3/h8-9,11-12,15H,4-7,10H2,1-3H3. The zero-order valence-corrected chi connectivity index (χ0v) is 13.7. The molecule has 0 bridgehead atoms. The molecule has 1 aliphatic heterocycles. The summed E-state index contributed by atoms with van der Waals surface area (Å²) in [7, 11) is -2.91. The van der Waals surface area contributed by atoms with Crippen LogP contribution in [0.3, 0.4) is 0 Å². The molecular weight excluding hydrogens is 288 g/mol. The lowest BCUT2D eigenvalue weighted by Crippen LogP contribution is -2.47. The third kappa shape index (κ3) is 4.64. The molecule has 0 aliphatic carbocycles. The Morgan fingerprint density at radius 2 is 2.05 bits per heavy atom. The van der Waals surface area contributed by atoms with Crippen molar-refractivity contribution in [2.45, 2.75) is 33.4 Å². The van der Waals surface area contributed by atoms with Crippen molar-refractivity contribution in [3.8, 4) is 0 Å². The predicted octanol–water partition coefficient (Wildman–Crippen LogP) is 0.845. The van der Waals surface area contributed by atoms with Crippen molar-refractivity contribution < 1.29 is 8.42 Å². The normalized spacial score (nSPS) is 21.7. The zero-order chi connectivity index (χ0) is 15.5. The second-order valence-corrected chi connectivity index (χ2v) is 8.30. The summed E-state index contributed by atoms with van der Waals surface area (Å²) in [6.45, 7) is 8.41. The highest BCUT2D eigenvalue weighted by molar-refractivity contribution is 7.91. The lowest BCUT2D eigenvalue weighted by Gasteiger charge is -2.33. The van der Waals surface area contributed by atoms with Crippen molar-refractivity contribution in [1.82, 2.24) is 15.3 Å². The van der Waals surface area contributed by atoms with Gasteiger partial charge in [-0.2, -0.15) is 0 Å². The van der Waals surface area contributed by atoms with E-state index in [1.807, 2.05) is 24.2 Å². The van der Waals surface area contributed by atoms with Crippen molar-refractivity contribution in [3.05, 3.63) is 18.0 Å². The van der Waals surface area contributed by atoms with Gasteiger partial charge in [0.2, 0.25) is 5.95 Å². The molecule has 1 aromatic heterocycles. The van der Waals surface area contributed by atoms with Gasteiger partial charge in [0.25, 0.3) is 0 Å². The van der Waals surface area contributed by atoms with Crippen molar-refractivity contribution in [1.29, 1.82) is 0 Å². The lowest BCUT2D eigenvalue weighted by atomic mass is 10.2. The third-order valence-corrected chi connectivity index (χ3v) is 5.30. The number of anilines is 1. The van der Waals surface area contributed by atoms with Crippen molar-refractivity contribution in [2.75, 3.05) is 29.5 Å². The Morgan fingerprint density at radius 1 is 1.38 bits per heavy atom. The van der Waals surface area contributed by atoms with Gasteiger partial charge in [0.15, 0.2) is 9.84 Å². The van der Waals surface area contributed by atoms with Gasteiger partial charge in [-0.25, -0.2) is 18.4 Å². The SMILES string of the molecule is CC(C)CNCc1cnc(N2CCS(=O)(=O)CC2C)nc1. The molecule has 1 saturated heterocycles. The first-order valence-corrected chi connectivity index (χ1v) is 9.18. The first-order valence-electron chi connectivity index (χ1n) is 7.36. The van der Waals surface area contributed by atoms with E-state index in [2.05, 4.69) is 29.1 Å². The van der Waals surface area contributed by atoms with Crippen molar-refractivity contribution >= 4 is 15.8 Å². The Kier molecular flexibility index (Phi) is 5.16. The Balaban J connectivity index is 1.96. The van der Waals surface area contributed by atoms with Gasteiger partial charge in [-0.3, -0.25) is 0 Å². The number of hydrogen-bond acceptors (Lipinski definition) is 6. The molecule has 1 aliphatic rings. The van der Waals surface area contributed by atoms with Gasteiger partial charge in [-0.1, -0.05) is 13.8 Å². The molecule has 1 atom stereocenters. The van der Waals surface area contributed by atoms with Crippen LogP contribution in [0, 0.1) is 5.92 Å². The third-order valence-electron chi connectivity index (χ3n) is 3.50. The number of nitrogens with one attached hydrogen (secondary N) is 1. The molecule has 1 unspecified atom stereocenters. The van der Waals surface area contributed by atoms with Crippen LogP contribution in [-0.4, -0.2) is 49.0 Å². The summed E-state index contributed by atoms with van der Waals surface area (Å²) >= 11 is 0. The van der Waals surface area contributed by atoms with Crippen LogP contribution in [0.1, 0.15) is 26.3 Å². The maximum absolute atomic E-state index is 11.6. The average Bonchev–Trinajstić information content (AvgIpc) is 2.38. The number of rotatable bonds is 5. The van der Waals surface area contributed by atoms with E-state index in [-0.39, 0.29) is 17.5 Å². The smallest absolute Gasteiger partial charge is 0.225 e. The van der Waals surface area contributed by atoms with Crippen LogP contribution in [-0.2, 0) is 16.4 Å². The fourth-order valence-electron chi connectivity index (χ4n) is 2.39. The van der Waals surface area contributed by atoms with Gasteiger partial charge in [0.1, 0.15) is 0 Å². The molecule has 0 saturated carbocycles. The summed E-state index contributed by atoms with van der Waals surface area (Å²) in [6, 6.07) is -0.0753. The summed E-state index contributed by atoms with van der Waals surface area (Å²) in [5.41, 5.74) is 1.04. The Hall–Kier alpha value is -1.21. The number of hydrogen-bond donors (Lipinski definition) is 1. The molecule has 7 heteroatoms. The van der Waals surface area contributed by atoms with E-state index < -0.39 is 9.84 Å². The fourth-order valence-corrected chi connectivity index (χ4v) is 3.94. The number of nitrogens with zero attached hydrogens (tertiary/aromatic N) is 3. The zero-order valence-electron chi connectivity index (χ0n) is 12.9. The molecule has 0 aromatic carbocycles. The second-order valence-electron chi connectivity index (χ2n) is 6.07. The van der Waals surface area contributed by atoms with Crippen LogP contribution in [0.15, 0.2) is 12.4 Å². The van der Waals surface area contributed by atoms with Crippen LogP contribution in [0.4, 0.5) is 5.95 Å². The van der Waals surface area contributed by atoms with E-state index in [4.69, 9.17) is 0 Å². The summed E-state index contributed by atoms with van der Waals surface area (Å²) in [5.74, 6) is 1.58. The maximum Gasteiger partial charge on any atom is 0.225 e. The monoisotopic (exact) mass is 312 g/mol. The van der Waals surface area contributed by atoms with Gasteiger partial charge in [0.05, 0.1) is 11.5 Å². The van der Waals surface area contributed by atoms with E-state index in [0.29, 0.717) is 18.4 Å². The molecule has 6 nitrogen and oxygen atoms in total. The second kappa shape index (κ2) is 6.70. The summed E-state index contributed by atoms with van der Waals surface area (Å²) in [4.78, 5) is 10.7. The molecule has 2 heterocycles. The number of sulfone groups is 1. The minimum Gasteiger partial charge on any atom is -0.336 e. The van der Waals surface area contributed by atoms with E-state index in [0.717, 1.165) is 18.7 Å². The summed E-state index contributed by atoms with van der Waals surface area (Å²) < 4.78 is 23.2. The Morgan fingerprint density at radius 3 is 2.62 bits per heavy atom. The quantitative estimate of drug-likeness (QED) is 0.868. The highest BCUT2D eigenvalue weighted by Gasteiger charge is 2.29. The molecule has 21 heavy (non-hydrogen) atoms. The molecule has 0 amide bonds. The molecule has 1 fully saturated rings. The molecule has 1 N–H and O–H groups in total. The van der Waals surface area contributed by atoms with Gasteiger partial charge in [0, 0.05) is 37.1 Å². The van der Waals surface area contributed by atoms with E-state index in [1.165, 1.54) is 0 Å². The van der Waals surface area contributed by atoms with Gasteiger partial charge >= 0.3 is 0 Å². The minimum absolute atomic E-state index is 0.0753. The largest absolute Gasteiger partial charge is 0.336 e. The highest BCUT2D eigenvalue weighted by atomic mass is 32.2. The maximum atomic E-state index is 11.6. The van der Waals surface area contributed by atoms with E-state index in [9.17, 15) is 8.42 Å². The van der Waals surface area contributed by atoms with Crippen LogP contribution >= 0.6 is 0 Å². The summed E-state index contributed by atoms with van der Waals surface area (Å²) in [6.07, 6.45) is 3.62. The lowest BCUT2D eigenvalue weighted by molar-refractivity contribution is 0.550. The summed E-state index contributed by atoms with van der Waals surface area (Å²) in [5, 5.41) is 3.35. The molecule has 0 spiro atoms.